The molecular weight excluding hydrogens is 384 g/mol. The van der Waals surface area contributed by atoms with Crippen molar-refractivity contribution in [3.63, 3.8) is 0 Å². The molecule has 0 spiro atoms. The molecule has 11 nitrogen and oxygen atoms in total. The third kappa shape index (κ3) is 3.26. The minimum absolute atomic E-state index is 0.108. The number of rotatable bonds is 4. The summed E-state index contributed by atoms with van der Waals surface area (Å²) in [4.78, 5) is 39.1. The van der Waals surface area contributed by atoms with Gasteiger partial charge in [0.25, 0.3) is 16.0 Å². The first-order valence-corrected chi connectivity index (χ1v) is 8.53. The van der Waals surface area contributed by atoms with E-state index in [1.807, 2.05) is 0 Å². The Balaban J connectivity index is 1.85. The summed E-state index contributed by atoms with van der Waals surface area (Å²) in [6, 6.07) is 7.69. The molecule has 3 rings (SSSR count). The third-order valence-corrected chi connectivity index (χ3v) is 4.33. The van der Waals surface area contributed by atoms with E-state index in [0.717, 1.165) is 4.57 Å². The molecule has 12 heteroatoms. The van der Waals surface area contributed by atoms with Gasteiger partial charge in [-0.1, -0.05) is 11.1 Å². The van der Waals surface area contributed by atoms with Gasteiger partial charge in [-0.2, -0.15) is 8.42 Å². The maximum Gasteiger partial charge on any atom is 0.364 e. The van der Waals surface area contributed by atoms with Gasteiger partial charge in [-0.15, -0.1) is 0 Å². The summed E-state index contributed by atoms with van der Waals surface area (Å²) in [6.07, 6.45) is 0.317. The number of hydrogen-bond acceptors (Lipinski definition) is 8. The molecular formula is C15H10N2O9S. The van der Waals surface area contributed by atoms with Crippen molar-refractivity contribution in [3.05, 3.63) is 52.9 Å². The molecule has 2 heterocycles. The van der Waals surface area contributed by atoms with E-state index in [9.17, 15) is 33.0 Å². The highest BCUT2D eigenvalue weighted by atomic mass is 32.2. The average Bonchev–Trinajstić information content (AvgIpc) is 3.08. The number of hydrogen-bond donors (Lipinski definition) is 3. The highest BCUT2D eigenvalue weighted by Crippen LogP contribution is 2.27. The van der Waals surface area contributed by atoms with Crippen molar-refractivity contribution in [2.45, 2.75) is 0 Å². The molecule has 0 unspecified atom stereocenters. The zero-order chi connectivity index (χ0) is 19.9. The smallest absolute Gasteiger partial charge is 0.364 e. The van der Waals surface area contributed by atoms with Gasteiger partial charge in [0.1, 0.15) is 0 Å². The summed E-state index contributed by atoms with van der Waals surface area (Å²) in [6.45, 7) is 0. The Kier molecular flexibility index (Phi) is 4.21. The normalized spacial score (nSPS) is 14.4. The summed E-state index contributed by atoms with van der Waals surface area (Å²) in [5, 5.41) is 19.3. The Bertz CT molecular complexity index is 1090. The Morgan fingerprint density at radius 2 is 1.67 bits per heavy atom. The van der Waals surface area contributed by atoms with Crippen molar-refractivity contribution < 1.29 is 42.4 Å². The fourth-order valence-corrected chi connectivity index (χ4v) is 2.84. The standard InChI is InChI=1S/C15H10N2O9S/c18-11-4-5-12(19)16(11)9-3-1-2-8(6-9)15(22)26-17-13(20)7-10(14(17)21)27(23,24)25/h1-7,18-19H,(H,23,24,25). The van der Waals surface area contributed by atoms with Crippen LogP contribution in [0.5, 0.6) is 11.8 Å². The van der Waals surface area contributed by atoms with E-state index in [2.05, 4.69) is 4.84 Å². The monoisotopic (exact) mass is 394 g/mol. The molecule has 0 saturated carbocycles. The quantitative estimate of drug-likeness (QED) is 0.482. The second-order valence-corrected chi connectivity index (χ2v) is 6.63. The van der Waals surface area contributed by atoms with Gasteiger partial charge in [0.15, 0.2) is 16.7 Å². The second-order valence-electron chi connectivity index (χ2n) is 5.24. The van der Waals surface area contributed by atoms with E-state index in [-0.39, 0.29) is 28.1 Å². The molecule has 0 aliphatic carbocycles. The molecule has 2 aromatic rings. The van der Waals surface area contributed by atoms with Crippen LogP contribution in [0.4, 0.5) is 0 Å². The fourth-order valence-electron chi connectivity index (χ4n) is 2.29. The summed E-state index contributed by atoms with van der Waals surface area (Å²) in [5.74, 6) is -4.62. The van der Waals surface area contributed by atoms with Gasteiger partial charge >= 0.3 is 11.9 Å². The van der Waals surface area contributed by atoms with Crippen LogP contribution in [0.3, 0.4) is 0 Å². The Morgan fingerprint density at radius 3 is 2.22 bits per heavy atom. The maximum absolute atomic E-state index is 12.2. The van der Waals surface area contributed by atoms with Crippen LogP contribution in [0, 0.1) is 0 Å². The van der Waals surface area contributed by atoms with E-state index >= 15 is 0 Å². The van der Waals surface area contributed by atoms with E-state index in [4.69, 9.17) is 4.55 Å². The van der Waals surface area contributed by atoms with Gasteiger partial charge in [0.05, 0.1) is 11.3 Å². The zero-order valence-electron chi connectivity index (χ0n) is 13.1. The first-order chi connectivity index (χ1) is 12.6. The SMILES string of the molecule is O=C(ON1C(=O)C=C(S(=O)(=O)O)C1=O)c1cccc(-n2c(O)ccc2O)c1. The topological polar surface area (TPSA) is 163 Å². The maximum atomic E-state index is 12.2. The molecule has 1 aliphatic rings. The second kappa shape index (κ2) is 6.26. The summed E-state index contributed by atoms with van der Waals surface area (Å²) < 4.78 is 31.9. The molecule has 2 amide bonds. The molecule has 1 aromatic carbocycles. The van der Waals surface area contributed by atoms with E-state index in [0.29, 0.717) is 6.08 Å². The molecule has 1 aliphatic heterocycles. The van der Waals surface area contributed by atoms with Crippen LogP contribution in [0.1, 0.15) is 10.4 Å². The minimum atomic E-state index is -4.96. The third-order valence-electron chi connectivity index (χ3n) is 3.48. The van der Waals surface area contributed by atoms with Crippen LogP contribution >= 0.6 is 0 Å². The number of aromatic nitrogens is 1. The number of aromatic hydroxyl groups is 2. The number of carbonyl (C=O) groups excluding carboxylic acids is 3. The molecule has 140 valence electrons. The van der Waals surface area contributed by atoms with E-state index < -0.39 is 32.8 Å². The van der Waals surface area contributed by atoms with E-state index in [1.165, 1.54) is 36.4 Å². The molecule has 0 bridgehead atoms. The first kappa shape index (κ1) is 18.2. The fraction of sp³-hybridized carbons (Fsp3) is 0. The number of hydroxylamine groups is 2. The van der Waals surface area contributed by atoms with Crippen LogP contribution in [-0.2, 0) is 24.5 Å². The number of imide groups is 1. The van der Waals surface area contributed by atoms with Gasteiger partial charge in [-0.3, -0.25) is 18.7 Å². The van der Waals surface area contributed by atoms with E-state index in [1.54, 1.807) is 0 Å². The molecule has 3 N–H and O–H groups in total. The molecule has 27 heavy (non-hydrogen) atoms. The van der Waals surface area contributed by atoms with Gasteiger partial charge in [0, 0.05) is 18.2 Å². The lowest BCUT2D eigenvalue weighted by atomic mass is 10.2. The predicted molar refractivity (Wildman–Crippen MR) is 86.0 cm³/mol. The summed E-state index contributed by atoms with van der Waals surface area (Å²) in [5.41, 5.74) is -0.0128. The highest BCUT2D eigenvalue weighted by Gasteiger charge is 2.41. The molecule has 0 fully saturated rings. The first-order valence-electron chi connectivity index (χ1n) is 7.09. The van der Waals surface area contributed by atoms with Gasteiger partial charge in [-0.05, 0) is 18.2 Å². The van der Waals surface area contributed by atoms with Crippen LogP contribution < -0.4 is 0 Å². The van der Waals surface area contributed by atoms with Crippen molar-refractivity contribution in [1.82, 2.24) is 9.63 Å². The largest absolute Gasteiger partial charge is 0.494 e. The van der Waals surface area contributed by atoms with Crippen LogP contribution in [0.25, 0.3) is 5.69 Å². The zero-order valence-corrected chi connectivity index (χ0v) is 14.0. The molecule has 0 atom stereocenters. The highest BCUT2D eigenvalue weighted by molar-refractivity contribution is 7.90. The van der Waals surface area contributed by atoms with Crippen molar-refractivity contribution in [2.75, 3.05) is 0 Å². The number of nitrogens with zero attached hydrogens (tertiary/aromatic N) is 2. The summed E-state index contributed by atoms with van der Waals surface area (Å²) in [7, 11) is -4.96. The number of amides is 2. The van der Waals surface area contributed by atoms with Crippen molar-refractivity contribution in [1.29, 1.82) is 0 Å². The van der Waals surface area contributed by atoms with Crippen LogP contribution in [0.15, 0.2) is 47.4 Å². The summed E-state index contributed by atoms with van der Waals surface area (Å²) >= 11 is 0. The van der Waals surface area contributed by atoms with Crippen LogP contribution in [-0.4, -0.2) is 50.6 Å². The van der Waals surface area contributed by atoms with Gasteiger partial charge < -0.3 is 15.1 Å². The Labute approximate surface area is 151 Å². The molecule has 0 saturated heterocycles. The number of carbonyl (C=O) groups is 3. The molecule has 1 aromatic heterocycles. The molecule has 0 radical (unpaired) electrons. The van der Waals surface area contributed by atoms with Crippen molar-refractivity contribution >= 4 is 27.9 Å². The Morgan fingerprint density at radius 1 is 1.04 bits per heavy atom. The minimum Gasteiger partial charge on any atom is -0.494 e. The lowest BCUT2D eigenvalue weighted by molar-refractivity contribution is -0.171. The lowest BCUT2D eigenvalue weighted by Gasteiger charge is -2.14. The predicted octanol–water partition coefficient (Wildman–Crippen LogP) is 0.101. The average molecular weight is 394 g/mol. The van der Waals surface area contributed by atoms with Crippen molar-refractivity contribution in [2.24, 2.45) is 0 Å². The van der Waals surface area contributed by atoms with Gasteiger partial charge in [-0.25, -0.2) is 4.79 Å². The van der Waals surface area contributed by atoms with Crippen LogP contribution in [0.2, 0.25) is 0 Å². The lowest BCUT2D eigenvalue weighted by Crippen LogP contribution is -2.34. The van der Waals surface area contributed by atoms with Gasteiger partial charge in [0.2, 0.25) is 0 Å². The Hall–Kier alpha value is -3.64. The van der Waals surface area contributed by atoms with Crippen molar-refractivity contribution in [3.8, 4) is 17.4 Å². The number of benzene rings is 1.